The van der Waals surface area contributed by atoms with Gasteiger partial charge in [0.25, 0.3) is 0 Å². The van der Waals surface area contributed by atoms with Crippen molar-refractivity contribution in [1.29, 1.82) is 0 Å². The van der Waals surface area contributed by atoms with Gasteiger partial charge >= 0.3 is 0 Å². The summed E-state index contributed by atoms with van der Waals surface area (Å²) in [6.07, 6.45) is 0. The summed E-state index contributed by atoms with van der Waals surface area (Å²) in [7, 11) is 0. The van der Waals surface area contributed by atoms with Crippen molar-refractivity contribution in [2.24, 2.45) is 0 Å². The average molecular weight is 669 g/mol. The lowest BCUT2D eigenvalue weighted by Crippen LogP contribution is -2.54. The van der Waals surface area contributed by atoms with E-state index in [0.717, 1.165) is 0 Å². The van der Waals surface area contributed by atoms with E-state index in [0.29, 0.717) is 0 Å². The number of hydrogen-bond acceptors (Lipinski definition) is 0. The van der Waals surface area contributed by atoms with Crippen molar-refractivity contribution in [3.8, 4) is 55.6 Å². The van der Waals surface area contributed by atoms with Crippen LogP contribution in [0, 0.1) is 0 Å². The predicted octanol–water partition coefficient (Wildman–Crippen LogP) is 11.7. The van der Waals surface area contributed by atoms with Gasteiger partial charge in [0.05, 0.1) is 0 Å². The maximum absolute atomic E-state index is 2.56. The molecule has 244 valence electrons. The fraction of sp³-hybridized carbons (Fsp3) is 0. The second-order valence-electron chi connectivity index (χ2n) is 14.3. The van der Waals surface area contributed by atoms with Crippen LogP contribution in [0.3, 0.4) is 0 Å². The number of fused-ring (bicyclic) bond motifs is 2. The van der Waals surface area contributed by atoms with Crippen molar-refractivity contribution in [2.75, 3.05) is 0 Å². The first-order valence-electron chi connectivity index (χ1n) is 18.6. The SMILES string of the molecule is c1ccc(B2c3ccccc3-c3ccc4ccc5c(-c6ccccc6-c6ccccc6)cc(-c6ccccc6-c6ccccc6)c6cc2c3c4c56)cc1. The molecule has 10 aromatic carbocycles. The third kappa shape index (κ3) is 4.57. The first kappa shape index (κ1) is 30.0. The summed E-state index contributed by atoms with van der Waals surface area (Å²) in [6, 6.07) is 74.3. The van der Waals surface area contributed by atoms with Gasteiger partial charge in [-0.05, 0) is 94.0 Å². The molecule has 0 radical (unpaired) electrons. The van der Waals surface area contributed by atoms with Crippen molar-refractivity contribution >= 4 is 55.4 Å². The maximum atomic E-state index is 2.56. The van der Waals surface area contributed by atoms with Crippen molar-refractivity contribution < 1.29 is 0 Å². The highest BCUT2D eigenvalue weighted by atomic mass is 14.3. The lowest BCUT2D eigenvalue weighted by Gasteiger charge is -2.30. The quantitative estimate of drug-likeness (QED) is 0.126. The smallest absolute Gasteiger partial charge is 0.0686 e. The number of rotatable bonds is 5. The zero-order chi connectivity index (χ0) is 34.9. The first-order chi connectivity index (χ1) is 26.3. The fourth-order valence-electron chi connectivity index (χ4n) is 9.27. The maximum Gasteiger partial charge on any atom is 0.242 e. The van der Waals surface area contributed by atoms with Crippen LogP contribution in [0.2, 0.25) is 0 Å². The van der Waals surface area contributed by atoms with Gasteiger partial charge in [-0.3, -0.25) is 0 Å². The van der Waals surface area contributed by atoms with Gasteiger partial charge in [-0.1, -0.05) is 211 Å². The van der Waals surface area contributed by atoms with E-state index < -0.39 is 0 Å². The molecule has 1 aliphatic heterocycles. The van der Waals surface area contributed by atoms with Crippen LogP contribution in [-0.2, 0) is 0 Å². The van der Waals surface area contributed by atoms with E-state index in [9.17, 15) is 0 Å². The molecule has 10 aromatic rings. The molecule has 0 aliphatic carbocycles. The minimum absolute atomic E-state index is 0.115. The summed E-state index contributed by atoms with van der Waals surface area (Å²) >= 11 is 0. The second-order valence-corrected chi connectivity index (χ2v) is 14.3. The Bertz CT molecular complexity index is 2980. The Morgan fingerprint density at radius 1 is 0.264 bits per heavy atom. The second kappa shape index (κ2) is 11.9. The zero-order valence-corrected chi connectivity index (χ0v) is 29.1. The molecule has 1 heterocycles. The van der Waals surface area contributed by atoms with Crippen molar-refractivity contribution in [3.63, 3.8) is 0 Å². The molecule has 0 bridgehead atoms. The highest BCUT2D eigenvalue weighted by Crippen LogP contribution is 2.48. The van der Waals surface area contributed by atoms with Gasteiger partial charge in [0.2, 0.25) is 6.71 Å². The molecule has 0 aromatic heterocycles. The van der Waals surface area contributed by atoms with Crippen LogP contribution in [0.15, 0.2) is 200 Å². The van der Waals surface area contributed by atoms with Crippen LogP contribution in [0.25, 0.3) is 88.0 Å². The first-order valence-corrected chi connectivity index (χ1v) is 18.6. The number of hydrogen-bond donors (Lipinski definition) is 0. The summed E-state index contributed by atoms with van der Waals surface area (Å²) in [5.74, 6) is 0. The highest BCUT2D eigenvalue weighted by Gasteiger charge is 2.33. The van der Waals surface area contributed by atoms with E-state index in [1.165, 1.54) is 104 Å². The third-order valence-electron chi connectivity index (χ3n) is 11.5. The molecule has 0 saturated carbocycles. The van der Waals surface area contributed by atoms with Crippen LogP contribution in [0.5, 0.6) is 0 Å². The molecule has 0 atom stereocenters. The predicted molar refractivity (Wildman–Crippen MR) is 228 cm³/mol. The molecule has 11 rings (SSSR count). The molecule has 0 N–H and O–H groups in total. The molecule has 0 saturated heterocycles. The lowest BCUT2D eigenvalue weighted by atomic mass is 9.33. The van der Waals surface area contributed by atoms with Gasteiger partial charge in [0.1, 0.15) is 0 Å². The van der Waals surface area contributed by atoms with Crippen molar-refractivity contribution in [2.45, 2.75) is 0 Å². The van der Waals surface area contributed by atoms with Gasteiger partial charge in [-0.15, -0.1) is 0 Å². The third-order valence-corrected chi connectivity index (χ3v) is 11.5. The molecule has 53 heavy (non-hydrogen) atoms. The van der Waals surface area contributed by atoms with Crippen molar-refractivity contribution in [1.82, 2.24) is 0 Å². The molecule has 0 unspecified atom stereocenters. The monoisotopic (exact) mass is 668 g/mol. The van der Waals surface area contributed by atoms with Crippen LogP contribution in [0.4, 0.5) is 0 Å². The minimum atomic E-state index is 0.115. The number of benzene rings is 10. The van der Waals surface area contributed by atoms with Gasteiger partial charge in [-0.2, -0.15) is 0 Å². The summed E-state index contributed by atoms with van der Waals surface area (Å²) in [5.41, 5.74) is 16.7. The molecule has 0 spiro atoms. The van der Waals surface area contributed by atoms with E-state index in [1.807, 2.05) is 0 Å². The molecule has 1 heteroatoms. The molecule has 0 amide bonds. The Morgan fingerprint density at radius 3 is 1.42 bits per heavy atom. The van der Waals surface area contributed by atoms with E-state index in [4.69, 9.17) is 0 Å². The van der Waals surface area contributed by atoms with E-state index in [-0.39, 0.29) is 6.71 Å². The minimum Gasteiger partial charge on any atom is -0.0686 e. The summed E-state index contributed by atoms with van der Waals surface area (Å²) in [4.78, 5) is 0. The fourth-order valence-corrected chi connectivity index (χ4v) is 9.27. The summed E-state index contributed by atoms with van der Waals surface area (Å²) in [5, 5.41) is 7.95. The van der Waals surface area contributed by atoms with Crippen LogP contribution < -0.4 is 16.4 Å². The van der Waals surface area contributed by atoms with E-state index in [2.05, 4.69) is 200 Å². The van der Waals surface area contributed by atoms with Gasteiger partial charge in [0.15, 0.2) is 0 Å². The van der Waals surface area contributed by atoms with Crippen LogP contribution in [-0.4, -0.2) is 6.71 Å². The Labute approximate surface area is 310 Å². The highest BCUT2D eigenvalue weighted by molar-refractivity contribution is 6.98. The van der Waals surface area contributed by atoms with Gasteiger partial charge in [-0.25, -0.2) is 0 Å². The molecular formula is C52H33B. The summed E-state index contributed by atoms with van der Waals surface area (Å²) in [6.45, 7) is 0.115. The molecule has 1 aliphatic rings. The lowest BCUT2D eigenvalue weighted by molar-refractivity contribution is 1.58. The summed E-state index contributed by atoms with van der Waals surface area (Å²) < 4.78 is 0. The largest absolute Gasteiger partial charge is 0.242 e. The molecule has 0 nitrogen and oxygen atoms in total. The average Bonchev–Trinajstić information content (AvgIpc) is 3.24. The Hall–Kier alpha value is -6.70. The van der Waals surface area contributed by atoms with Gasteiger partial charge < -0.3 is 0 Å². The molecular weight excluding hydrogens is 635 g/mol. The zero-order valence-electron chi connectivity index (χ0n) is 29.1. The van der Waals surface area contributed by atoms with Crippen LogP contribution >= 0.6 is 0 Å². The normalized spacial score (nSPS) is 12.1. The van der Waals surface area contributed by atoms with Gasteiger partial charge in [0, 0.05) is 0 Å². The Kier molecular flexibility index (Phi) is 6.75. The Balaban J connectivity index is 1.34. The standard InChI is InChI=1S/C52H33B/c1-4-16-34(17-5-1)38-22-10-12-24-40(38)45-32-46(41-25-13-11-23-39(41)35-18-6-2-7-19-35)47-33-49-52-43(30-28-36-29-31-44(45)51(47)50(36)52)42-26-14-15-27-48(42)53(49)37-20-8-3-9-21-37/h1-33H. The van der Waals surface area contributed by atoms with E-state index in [1.54, 1.807) is 0 Å². The Morgan fingerprint density at radius 2 is 0.774 bits per heavy atom. The van der Waals surface area contributed by atoms with Crippen LogP contribution in [0.1, 0.15) is 0 Å². The topological polar surface area (TPSA) is 0 Å². The van der Waals surface area contributed by atoms with E-state index >= 15 is 0 Å². The molecule has 0 fully saturated rings. The van der Waals surface area contributed by atoms with Crippen molar-refractivity contribution in [3.05, 3.63) is 200 Å².